The molecule has 45 heavy (non-hydrogen) atoms. The molecule has 2 aromatic carbocycles. The molecule has 5 atom stereocenters. The van der Waals surface area contributed by atoms with Gasteiger partial charge in [0.2, 0.25) is 5.91 Å². The Hall–Kier alpha value is -4.85. The van der Waals surface area contributed by atoms with E-state index in [2.05, 4.69) is 26.6 Å². The van der Waals surface area contributed by atoms with Crippen LogP contribution in [0.4, 0.5) is 25.8 Å². The van der Waals surface area contributed by atoms with Crippen LogP contribution in [0.1, 0.15) is 51.9 Å². The molecule has 0 aliphatic heterocycles. The predicted octanol–water partition coefficient (Wildman–Crippen LogP) is 2.74. The topological polar surface area (TPSA) is 210 Å². The summed E-state index contributed by atoms with van der Waals surface area (Å²) in [6.07, 6.45) is -1.02. The third kappa shape index (κ3) is 9.57. The summed E-state index contributed by atoms with van der Waals surface area (Å²) in [6.45, 7) is 1.35. The molecule has 2 aliphatic carbocycles. The summed E-state index contributed by atoms with van der Waals surface area (Å²) in [5, 5.41) is 24.8. The summed E-state index contributed by atoms with van der Waals surface area (Å²) in [7, 11) is 0. The number of benzene rings is 2. The minimum Gasteiger partial charge on any atom is -0.442 e. The number of anilines is 2. The van der Waals surface area contributed by atoms with Crippen LogP contribution in [0.5, 0.6) is 0 Å². The number of carbonyl (C=O) groups is 5. The van der Waals surface area contributed by atoms with Crippen LogP contribution >= 0.6 is 0 Å². The molecule has 5 unspecified atom stereocenters. The molecule has 2 aromatic rings. The maximum absolute atomic E-state index is 13.3. The summed E-state index contributed by atoms with van der Waals surface area (Å²) < 4.78 is 11.4. The van der Waals surface area contributed by atoms with Crippen LogP contribution in [0.2, 0.25) is 0 Å². The van der Waals surface area contributed by atoms with E-state index in [1.165, 1.54) is 6.92 Å². The summed E-state index contributed by atoms with van der Waals surface area (Å²) >= 11 is 0. The second-order valence-corrected chi connectivity index (χ2v) is 11.4. The molecule has 4 rings (SSSR count). The molecule has 0 radical (unpaired) electrons. The van der Waals surface area contributed by atoms with Crippen LogP contribution in [0.25, 0.3) is 0 Å². The number of hydrogen-bond donors (Lipinski definition) is 7. The van der Waals surface area contributed by atoms with E-state index in [4.69, 9.17) is 15.2 Å². The Balaban J connectivity index is 1.61. The lowest BCUT2D eigenvalue weighted by Crippen LogP contribution is -2.66. The summed E-state index contributed by atoms with van der Waals surface area (Å²) in [5.41, 5.74) is 3.87. The Morgan fingerprint density at radius 1 is 0.822 bits per heavy atom. The SMILES string of the molecule is CC(NC(=O)C1(O)CC(NC(=O)NC2CCCCC2)C(OC(=O)Nc2ccccc2)C(OC(=O)Nc2ccccc2)C1)C(N)=O. The third-order valence-corrected chi connectivity index (χ3v) is 7.86. The Bertz CT molecular complexity index is 1340. The molecule has 2 aliphatic rings. The van der Waals surface area contributed by atoms with Gasteiger partial charge in [-0.1, -0.05) is 55.7 Å². The van der Waals surface area contributed by atoms with E-state index in [0.29, 0.717) is 11.4 Å². The van der Waals surface area contributed by atoms with Gasteiger partial charge in [-0.25, -0.2) is 14.4 Å². The molecule has 0 saturated heterocycles. The molecule has 14 nitrogen and oxygen atoms in total. The molecular formula is C31H40N6O8. The first-order valence-electron chi connectivity index (χ1n) is 15.0. The molecule has 2 fully saturated rings. The van der Waals surface area contributed by atoms with E-state index < -0.39 is 72.8 Å². The van der Waals surface area contributed by atoms with Crippen molar-refractivity contribution in [3.63, 3.8) is 0 Å². The number of nitrogens with two attached hydrogens (primary N) is 1. The van der Waals surface area contributed by atoms with Crippen molar-refractivity contribution in [2.75, 3.05) is 10.6 Å². The number of primary amides is 1. The Morgan fingerprint density at radius 3 is 1.93 bits per heavy atom. The first-order chi connectivity index (χ1) is 21.5. The van der Waals surface area contributed by atoms with Crippen LogP contribution in [-0.4, -0.2) is 71.1 Å². The van der Waals surface area contributed by atoms with E-state index in [1.807, 2.05) is 0 Å². The molecule has 0 spiro atoms. The standard InChI is InChI=1S/C31H40N6O8/c1-19(26(32)38)33-27(39)31(43)17-23(37-28(40)34-20-11-5-2-6-12-20)25(45-30(42)36-22-15-9-4-10-16-22)24(18-31)44-29(41)35-21-13-7-3-8-14-21/h3-4,7-10,13-16,19-20,23-25,43H,2,5-6,11-12,17-18H2,1H3,(H2,32,38)(H,33,39)(H,35,41)(H,36,42)(H2,34,37,40). The molecule has 0 bridgehead atoms. The maximum Gasteiger partial charge on any atom is 0.412 e. The highest BCUT2D eigenvalue weighted by atomic mass is 16.6. The zero-order chi connectivity index (χ0) is 32.4. The fraction of sp³-hybridized carbons (Fsp3) is 0.452. The van der Waals surface area contributed by atoms with Crippen LogP contribution in [0.3, 0.4) is 0 Å². The first kappa shape index (κ1) is 33.1. The number of carbonyl (C=O) groups excluding carboxylic acids is 5. The lowest BCUT2D eigenvalue weighted by atomic mass is 9.77. The fourth-order valence-corrected chi connectivity index (χ4v) is 5.50. The predicted molar refractivity (Wildman–Crippen MR) is 164 cm³/mol. The van der Waals surface area contributed by atoms with Gasteiger partial charge in [-0.05, 0) is 44.0 Å². The number of ether oxygens (including phenoxy) is 2. The van der Waals surface area contributed by atoms with Gasteiger partial charge < -0.3 is 36.3 Å². The number of para-hydroxylation sites is 2. The van der Waals surface area contributed by atoms with Gasteiger partial charge in [-0.2, -0.15) is 0 Å². The van der Waals surface area contributed by atoms with Crippen LogP contribution < -0.4 is 32.3 Å². The van der Waals surface area contributed by atoms with Gasteiger partial charge in [-0.15, -0.1) is 0 Å². The maximum atomic E-state index is 13.3. The minimum absolute atomic E-state index is 0.0783. The van der Waals surface area contributed by atoms with Crippen molar-refractivity contribution in [2.45, 2.75) is 87.8 Å². The highest BCUT2D eigenvalue weighted by molar-refractivity contribution is 5.91. The molecule has 14 heteroatoms. The van der Waals surface area contributed by atoms with Crippen LogP contribution in [-0.2, 0) is 19.1 Å². The van der Waals surface area contributed by atoms with E-state index in [-0.39, 0.29) is 6.04 Å². The van der Waals surface area contributed by atoms with Crippen molar-refractivity contribution in [3.8, 4) is 0 Å². The van der Waals surface area contributed by atoms with Gasteiger partial charge in [0.1, 0.15) is 17.7 Å². The van der Waals surface area contributed by atoms with E-state index in [0.717, 1.165) is 32.1 Å². The van der Waals surface area contributed by atoms with Crippen LogP contribution in [0.15, 0.2) is 60.7 Å². The van der Waals surface area contributed by atoms with Gasteiger partial charge in [0.25, 0.3) is 5.91 Å². The van der Waals surface area contributed by atoms with Crippen molar-refractivity contribution < 1.29 is 38.6 Å². The second-order valence-electron chi connectivity index (χ2n) is 11.4. The second kappa shape index (κ2) is 15.2. The first-order valence-corrected chi connectivity index (χ1v) is 15.0. The minimum atomic E-state index is -2.26. The summed E-state index contributed by atoms with van der Waals surface area (Å²) in [6, 6.07) is 13.8. The lowest BCUT2D eigenvalue weighted by molar-refractivity contribution is -0.158. The van der Waals surface area contributed by atoms with E-state index >= 15 is 0 Å². The number of aliphatic hydroxyl groups is 1. The van der Waals surface area contributed by atoms with E-state index in [9.17, 15) is 29.1 Å². The molecule has 242 valence electrons. The molecule has 8 N–H and O–H groups in total. The smallest absolute Gasteiger partial charge is 0.412 e. The van der Waals surface area contributed by atoms with Crippen molar-refractivity contribution in [1.29, 1.82) is 0 Å². The van der Waals surface area contributed by atoms with Gasteiger partial charge in [0.15, 0.2) is 6.10 Å². The monoisotopic (exact) mass is 624 g/mol. The van der Waals surface area contributed by atoms with Gasteiger partial charge in [0, 0.05) is 30.3 Å². The number of amides is 6. The fourth-order valence-electron chi connectivity index (χ4n) is 5.50. The van der Waals surface area contributed by atoms with Crippen molar-refractivity contribution in [2.24, 2.45) is 5.73 Å². The number of urea groups is 1. The molecule has 2 saturated carbocycles. The Labute approximate surface area is 260 Å². The lowest BCUT2D eigenvalue weighted by Gasteiger charge is -2.44. The van der Waals surface area contributed by atoms with Crippen LogP contribution in [0, 0.1) is 0 Å². The van der Waals surface area contributed by atoms with Crippen molar-refractivity contribution >= 4 is 41.4 Å². The van der Waals surface area contributed by atoms with E-state index in [1.54, 1.807) is 60.7 Å². The van der Waals surface area contributed by atoms with Crippen molar-refractivity contribution in [3.05, 3.63) is 60.7 Å². The molecule has 6 amide bonds. The Kier molecular flexibility index (Phi) is 11.2. The van der Waals surface area contributed by atoms with Gasteiger partial charge >= 0.3 is 18.2 Å². The number of rotatable bonds is 9. The van der Waals surface area contributed by atoms with Gasteiger partial charge in [-0.3, -0.25) is 20.2 Å². The summed E-state index contributed by atoms with van der Waals surface area (Å²) in [4.78, 5) is 64.2. The zero-order valence-electron chi connectivity index (χ0n) is 25.0. The van der Waals surface area contributed by atoms with Crippen molar-refractivity contribution in [1.82, 2.24) is 16.0 Å². The third-order valence-electron chi connectivity index (χ3n) is 7.86. The van der Waals surface area contributed by atoms with Gasteiger partial charge in [0.05, 0.1) is 6.04 Å². The highest BCUT2D eigenvalue weighted by Crippen LogP contribution is 2.34. The average Bonchev–Trinajstić information content (AvgIpc) is 3.00. The summed E-state index contributed by atoms with van der Waals surface area (Å²) in [5.74, 6) is -1.81. The number of hydrogen-bond acceptors (Lipinski definition) is 8. The normalized spacial score (nSPS) is 23.8. The highest BCUT2D eigenvalue weighted by Gasteiger charge is 2.53. The molecule has 0 heterocycles. The molecule has 0 aromatic heterocycles. The Morgan fingerprint density at radius 2 is 1.38 bits per heavy atom. The zero-order valence-corrected chi connectivity index (χ0v) is 25.0. The quantitative estimate of drug-likeness (QED) is 0.220. The number of nitrogens with one attached hydrogen (secondary N) is 5. The molecular weight excluding hydrogens is 584 g/mol. The largest absolute Gasteiger partial charge is 0.442 e. The average molecular weight is 625 g/mol.